The number of carbonyl (C=O) groups is 2. The van der Waals surface area contributed by atoms with Crippen LogP contribution in [0.2, 0.25) is 0 Å². The topological polar surface area (TPSA) is 66.4 Å². The summed E-state index contributed by atoms with van der Waals surface area (Å²) in [4.78, 5) is 22.5. The largest absolute Gasteiger partial charge is 0.367 e. The maximum absolute atomic E-state index is 11.3. The number of rotatable bonds is 0. The van der Waals surface area contributed by atoms with Crippen LogP contribution in [0.3, 0.4) is 0 Å². The number of Topliss-reactive ketones (excluding diaryl/α,β-unsaturated/α-hetero) is 1. The zero-order chi connectivity index (χ0) is 9.42. The Morgan fingerprint density at radius 1 is 1.15 bits per heavy atom. The smallest absolute Gasteiger partial charge is 0.254 e. The molecule has 0 aliphatic carbocycles. The van der Waals surface area contributed by atoms with Gasteiger partial charge in [0.05, 0.1) is 5.56 Å². The van der Waals surface area contributed by atoms with Crippen molar-refractivity contribution in [3.63, 3.8) is 0 Å². The molecule has 1 unspecified atom stereocenters. The summed E-state index contributed by atoms with van der Waals surface area (Å²) in [6.45, 7) is 0. The van der Waals surface area contributed by atoms with Gasteiger partial charge in [-0.3, -0.25) is 9.59 Å². The zero-order valence-electron chi connectivity index (χ0n) is 6.65. The van der Waals surface area contributed by atoms with Crippen molar-refractivity contribution in [3.05, 3.63) is 35.4 Å². The first-order valence-corrected chi connectivity index (χ1v) is 3.82. The Hall–Kier alpha value is -1.68. The third kappa shape index (κ3) is 1.11. The Bertz CT molecular complexity index is 386. The lowest BCUT2D eigenvalue weighted by molar-refractivity contribution is 0.0576. The second-order valence-electron chi connectivity index (χ2n) is 2.79. The molecule has 0 spiro atoms. The van der Waals surface area contributed by atoms with E-state index in [1.165, 1.54) is 6.07 Å². The van der Waals surface area contributed by atoms with Gasteiger partial charge >= 0.3 is 0 Å². The summed E-state index contributed by atoms with van der Waals surface area (Å²) >= 11 is 0. The van der Waals surface area contributed by atoms with E-state index in [2.05, 4.69) is 5.32 Å². The minimum Gasteiger partial charge on any atom is -0.367 e. The molecule has 1 aliphatic rings. The van der Waals surface area contributed by atoms with Crippen LogP contribution >= 0.6 is 0 Å². The molecule has 0 radical (unpaired) electrons. The summed E-state index contributed by atoms with van der Waals surface area (Å²) in [5.74, 6) is -0.877. The summed E-state index contributed by atoms with van der Waals surface area (Å²) in [5, 5.41) is 11.3. The van der Waals surface area contributed by atoms with Gasteiger partial charge in [0, 0.05) is 5.56 Å². The number of aliphatic hydroxyl groups excluding tert-OH is 1. The van der Waals surface area contributed by atoms with Crippen molar-refractivity contribution in [1.82, 2.24) is 5.32 Å². The number of hydrogen-bond acceptors (Lipinski definition) is 3. The predicted molar refractivity (Wildman–Crippen MR) is 44.2 cm³/mol. The molecule has 1 aromatic carbocycles. The first kappa shape index (κ1) is 7.94. The lowest BCUT2D eigenvalue weighted by Gasteiger charge is -2.19. The first-order chi connectivity index (χ1) is 6.20. The average molecular weight is 177 g/mol. The number of amides is 1. The average Bonchev–Trinajstić information content (AvgIpc) is 2.15. The van der Waals surface area contributed by atoms with Gasteiger partial charge in [0.1, 0.15) is 0 Å². The number of ketones is 1. The number of fused-ring (bicyclic) bond motifs is 1. The van der Waals surface area contributed by atoms with Crippen LogP contribution in [0.5, 0.6) is 0 Å². The second kappa shape index (κ2) is 2.67. The van der Waals surface area contributed by atoms with Gasteiger partial charge in [-0.1, -0.05) is 18.2 Å². The van der Waals surface area contributed by atoms with Gasteiger partial charge in [0.2, 0.25) is 5.78 Å². The highest BCUT2D eigenvalue weighted by molar-refractivity contribution is 6.14. The van der Waals surface area contributed by atoms with Crippen LogP contribution in [0.15, 0.2) is 24.3 Å². The standard InChI is InChI=1S/C9H7NO3/c11-7-5-3-1-2-4-6(5)8(12)10-9(7)13/h1-4,9,13H,(H,10,12). The SMILES string of the molecule is O=C1NC(O)C(=O)c2ccccc21. The molecule has 1 atom stereocenters. The fourth-order valence-corrected chi connectivity index (χ4v) is 1.31. The Kier molecular flexibility index (Phi) is 1.63. The van der Waals surface area contributed by atoms with Crippen LogP contribution in [0.4, 0.5) is 0 Å². The van der Waals surface area contributed by atoms with E-state index < -0.39 is 17.9 Å². The van der Waals surface area contributed by atoms with E-state index in [4.69, 9.17) is 5.11 Å². The van der Waals surface area contributed by atoms with E-state index in [0.29, 0.717) is 5.56 Å². The van der Waals surface area contributed by atoms with Crippen LogP contribution in [0.1, 0.15) is 20.7 Å². The third-order valence-corrected chi connectivity index (χ3v) is 1.95. The normalized spacial score (nSPS) is 20.8. The molecular formula is C9H7NO3. The van der Waals surface area contributed by atoms with Crippen LogP contribution in [0, 0.1) is 0 Å². The summed E-state index contributed by atoms with van der Waals surface area (Å²) < 4.78 is 0. The molecule has 0 saturated carbocycles. The zero-order valence-corrected chi connectivity index (χ0v) is 6.65. The molecule has 1 heterocycles. The Balaban J connectivity index is 2.60. The molecule has 0 saturated heterocycles. The highest BCUT2D eigenvalue weighted by Gasteiger charge is 2.29. The third-order valence-electron chi connectivity index (χ3n) is 1.95. The fraction of sp³-hybridized carbons (Fsp3) is 0.111. The molecule has 1 amide bonds. The van der Waals surface area contributed by atoms with Gasteiger partial charge in [-0.05, 0) is 6.07 Å². The van der Waals surface area contributed by atoms with Crippen LogP contribution in [0.25, 0.3) is 0 Å². The maximum atomic E-state index is 11.3. The molecule has 2 N–H and O–H groups in total. The molecule has 0 fully saturated rings. The van der Waals surface area contributed by atoms with Crippen molar-refractivity contribution in [2.75, 3.05) is 0 Å². The monoisotopic (exact) mass is 177 g/mol. The van der Waals surface area contributed by atoms with Crippen molar-refractivity contribution in [1.29, 1.82) is 0 Å². The molecular weight excluding hydrogens is 170 g/mol. The minimum atomic E-state index is -1.40. The Labute approximate surface area is 74.2 Å². The van der Waals surface area contributed by atoms with Crippen LogP contribution in [-0.2, 0) is 0 Å². The highest BCUT2D eigenvalue weighted by Crippen LogP contribution is 2.14. The van der Waals surface area contributed by atoms with E-state index in [0.717, 1.165) is 0 Å². The molecule has 0 aromatic heterocycles. The number of carbonyl (C=O) groups excluding carboxylic acids is 2. The number of aliphatic hydroxyl groups is 1. The van der Waals surface area contributed by atoms with Gasteiger partial charge in [-0.25, -0.2) is 0 Å². The van der Waals surface area contributed by atoms with Crippen LogP contribution in [-0.4, -0.2) is 23.0 Å². The molecule has 0 bridgehead atoms. The Morgan fingerprint density at radius 2 is 1.77 bits per heavy atom. The lowest BCUT2D eigenvalue weighted by atomic mass is 9.98. The van der Waals surface area contributed by atoms with E-state index in [1.807, 2.05) is 0 Å². The Morgan fingerprint density at radius 3 is 2.46 bits per heavy atom. The van der Waals surface area contributed by atoms with Gasteiger partial charge in [-0.15, -0.1) is 0 Å². The maximum Gasteiger partial charge on any atom is 0.254 e. The molecule has 13 heavy (non-hydrogen) atoms. The first-order valence-electron chi connectivity index (χ1n) is 3.82. The van der Waals surface area contributed by atoms with E-state index in [9.17, 15) is 9.59 Å². The van der Waals surface area contributed by atoms with Gasteiger partial charge in [-0.2, -0.15) is 0 Å². The molecule has 4 heteroatoms. The summed E-state index contributed by atoms with van der Waals surface area (Å²) in [6, 6.07) is 6.40. The summed E-state index contributed by atoms with van der Waals surface area (Å²) in [6.07, 6.45) is -1.40. The minimum absolute atomic E-state index is 0.277. The highest BCUT2D eigenvalue weighted by atomic mass is 16.3. The lowest BCUT2D eigenvalue weighted by Crippen LogP contribution is -2.45. The van der Waals surface area contributed by atoms with Crippen molar-refractivity contribution >= 4 is 11.7 Å². The fourth-order valence-electron chi connectivity index (χ4n) is 1.31. The molecule has 4 nitrogen and oxygen atoms in total. The molecule has 66 valence electrons. The summed E-state index contributed by atoms with van der Waals surface area (Å²) in [5.41, 5.74) is 0.594. The number of hydrogen-bond donors (Lipinski definition) is 2. The molecule has 1 aliphatic heterocycles. The predicted octanol–water partition coefficient (Wildman–Crippen LogP) is -0.0689. The van der Waals surface area contributed by atoms with Crippen molar-refractivity contribution in [3.8, 4) is 0 Å². The van der Waals surface area contributed by atoms with Crippen molar-refractivity contribution in [2.24, 2.45) is 0 Å². The van der Waals surface area contributed by atoms with E-state index in [-0.39, 0.29) is 5.56 Å². The second-order valence-corrected chi connectivity index (χ2v) is 2.79. The van der Waals surface area contributed by atoms with Gasteiger partial charge in [0.25, 0.3) is 5.91 Å². The number of nitrogens with one attached hydrogen (secondary N) is 1. The van der Waals surface area contributed by atoms with E-state index in [1.54, 1.807) is 18.2 Å². The van der Waals surface area contributed by atoms with Crippen molar-refractivity contribution < 1.29 is 14.7 Å². The molecule has 2 rings (SSSR count). The quantitative estimate of drug-likeness (QED) is 0.583. The van der Waals surface area contributed by atoms with Crippen molar-refractivity contribution in [2.45, 2.75) is 6.23 Å². The van der Waals surface area contributed by atoms with Crippen LogP contribution < -0.4 is 5.32 Å². The number of benzene rings is 1. The summed E-state index contributed by atoms with van der Waals surface area (Å²) in [7, 11) is 0. The van der Waals surface area contributed by atoms with Gasteiger partial charge < -0.3 is 10.4 Å². The molecule has 1 aromatic rings. The van der Waals surface area contributed by atoms with E-state index >= 15 is 0 Å². The van der Waals surface area contributed by atoms with Gasteiger partial charge in [0.15, 0.2) is 6.23 Å².